The summed E-state index contributed by atoms with van der Waals surface area (Å²) in [5, 5.41) is 3.78. The van der Waals surface area contributed by atoms with Crippen molar-refractivity contribution in [3.63, 3.8) is 0 Å². The van der Waals surface area contributed by atoms with Crippen molar-refractivity contribution in [2.45, 2.75) is 26.2 Å². The van der Waals surface area contributed by atoms with Gasteiger partial charge in [0.25, 0.3) is 0 Å². The first-order chi connectivity index (χ1) is 9.78. The van der Waals surface area contributed by atoms with E-state index in [2.05, 4.69) is 22.2 Å². The van der Waals surface area contributed by atoms with Gasteiger partial charge in [-0.2, -0.15) is 0 Å². The fraction of sp³-hybridized carbons (Fsp3) is 0.375. The molecule has 3 rings (SSSR count). The van der Waals surface area contributed by atoms with Crippen LogP contribution in [0.25, 0.3) is 6.08 Å². The molecule has 0 aromatic heterocycles. The van der Waals surface area contributed by atoms with E-state index < -0.39 is 0 Å². The Bertz CT molecular complexity index is 567. The van der Waals surface area contributed by atoms with Crippen molar-refractivity contribution in [2.75, 3.05) is 18.0 Å². The average Bonchev–Trinajstić information content (AvgIpc) is 3.11. The lowest BCUT2D eigenvalue weighted by Crippen LogP contribution is -2.17. The number of benzene rings is 1. The number of anilines is 1. The standard InChI is InChI=1S/C16H18N2O2/c1-2-15-14(16(19)20-17-15)11-12-5-7-13(8-6-12)18-9-3-4-10-18/h5-8,11H,2-4,9-10H2,1H3. The Hall–Kier alpha value is -2.10. The van der Waals surface area contributed by atoms with Crippen LogP contribution in [0, 0.1) is 0 Å². The van der Waals surface area contributed by atoms with Gasteiger partial charge in [0.2, 0.25) is 0 Å². The second kappa shape index (κ2) is 5.49. The molecule has 1 fully saturated rings. The Labute approximate surface area is 118 Å². The van der Waals surface area contributed by atoms with Crippen LogP contribution in [0.15, 0.2) is 35.0 Å². The quantitative estimate of drug-likeness (QED) is 0.626. The van der Waals surface area contributed by atoms with Crippen molar-refractivity contribution in [1.82, 2.24) is 0 Å². The van der Waals surface area contributed by atoms with Gasteiger partial charge in [-0.25, -0.2) is 4.79 Å². The minimum Gasteiger partial charge on any atom is -0.372 e. The lowest BCUT2D eigenvalue weighted by molar-refractivity contribution is -0.136. The van der Waals surface area contributed by atoms with Gasteiger partial charge in [0, 0.05) is 18.8 Å². The third-order valence-corrected chi connectivity index (χ3v) is 3.78. The average molecular weight is 270 g/mol. The molecule has 0 atom stereocenters. The maximum Gasteiger partial charge on any atom is 0.367 e. The number of oxime groups is 1. The molecule has 0 saturated carbocycles. The molecule has 1 aromatic carbocycles. The number of hydrogen-bond donors (Lipinski definition) is 0. The first kappa shape index (κ1) is 12.9. The van der Waals surface area contributed by atoms with Gasteiger partial charge in [0.1, 0.15) is 0 Å². The highest BCUT2D eigenvalue weighted by atomic mass is 16.7. The number of hydrogen-bond acceptors (Lipinski definition) is 4. The van der Waals surface area contributed by atoms with Crippen molar-refractivity contribution in [2.24, 2.45) is 5.16 Å². The summed E-state index contributed by atoms with van der Waals surface area (Å²) < 4.78 is 0. The van der Waals surface area contributed by atoms with Gasteiger partial charge in [-0.05, 0) is 43.0 Å². The summed E-state index contributed by atoms with van der Waals surface area (Å²) in [6, 6.07) is 8.31. The van der Waals surface area contributed by atoms with E-state index >= 15 is 0 Å². The van der Waals surface area contributed by atoms with E-state index in [0.29, 0.717) is 12.0 Å². The number of carbonyl (C=O) groups excluding carboxylic acids is 1. The summed E-state index contributed by atoms with van der Waals surface area (Å²) in [5.41, 5.74) is 3.55. The van der Waals surface area contributed by atoms with Crippen LogP contribution in [0.4, 0.5) is 5.69 Å². The summed E-state index contributed by atoms with van der Waals surface area (Å²) in [5.74, 6) is -0.356. The van der Waals surface area contributed by atoms with E-state index in [1.165, 1.54) is 18.5 Å². The highest BCUT2D eigenvalue weighted by Gasteiger charge is 2.23. The van der Waals surface area contributed by atoms with Crippen LogP contribution in [0.5, 0.6) is 0 Å². The van der Waals surface area contributed by atoms with Gasteiger partial charge in [-0.15, -0.1) is 0 Å². The summed E-state index contributed by atoms with van der Waals surface area (Å²) in [4.78, 5) is 18.7. The molecule has 0 unspecified atom stereocenters. The molecule has 1 saturated heterocycles. The monoisotopic (exact) mass is 270 g/mol. The maximum atomic E-state index is 11.6. The lowest BCUT2D eigenvalue weighted by Gasteiger charge is -2.17. The third kappa shape index (κ3) is 2.46. The normalized spacial score (nSPS) is 20.4. The summed E-state index contributed by atoms with van der Waals surface area (Å²) in [7, 11) is 0. The Morgan fingerprint density at radius 3 is 2.60 bits per heavy atom. The molecule has 2 aliphatic heterocycles. The van der Waals surface area contributed by atoms with Gasteiger partial charge in [0.05, 0.1) is 11.3 Å². The Morgan fingerprint density at radius 1 is 1.25 bits per heavy atom. The van der Waals surface area contributed by atoms with Crippen LogP contribution in [0.2, 0.25) is 0 Å². The smallest absolute Gasteiger partial charge is 0.367 e. The van der Waals surface area contributed by atoms with Gasteiger partial charge in [-0.1, -0.05) is 24.2 Å². The maximum absolute atomic E-state index is 11.6. The van der Waals surface area contributed by atoms with E-state index in [1.54, 1.807) is 0 Å². The summed E-state index contributed by atoms with van der Waals surface area (Å²) >= 11 is 0. The predicted octanol–water partition coefficient (Wildman–Crippen LogP) is 2.99. The van der Waals surface area contributed by atoms with Crippen LogP contribution >= 0.6 is 0 Å². The zero-order valence-electron chi connectivity index (χ0n) is 11.6. The molecule has 104 valence electrons. The first-order valence-corrected chi connectivity index (χ1v) is 7.13. The molecule has 0 spiro atoms. The molecule has 0 N–H and O–H groups in total. The van der Waals surface area contributed by atoms with E-state index in [1.807, 2.05) is 25.1 Å². The van der Waals surface area contributed by atoms with Crippen LogP contribution < -0.4 is 4.90 Å². The van der Waals surface area contributed by atoms with Gasteiger partial charge < -0.3 is 9.74 Å². The molecular weight excluding hydrogens is 252 g/mol. The van der Waals surface area contributed by atoms with Gasteiger partial charge in [-0.3, -0.25) is 0 Å². The Balaban J connectivity index is 1.81. The van der Waals surface area contributed by atoms with Crippen molar-refractivity contribution in [1.29, 1.82) is 0 Å². The minimum absolute atomic E-state index is 0.356. The van der Waals surface area contributed by atoms with Gasteiger partial charge >= 0.3 is 5.97 Å². The highest BCUT2D eigenvalue weighted by Crippen LogP contribution is 2.22. The molecule has 2 aliphatic rings. The van der Waals surface area contributed by atoms with Crippen molar-refractivity contribution >= 4 is 23.4 Å². The fourth-order valence-corrected chi connectivity index (χ4v) is 2.63. The Morgan fingerprint density at radius 2 is 1.95 bits per heavy atom. The third-order valence-electron chi connectivity index (χ3n) is 3.78. The molecule has 4 nitrogen and oxygen atoms in total. The zero-order chi connectivity index (χ0) is 13.9. The minimum atomic E-state index is -0.356. The molecule has 0 amide bonds. The largest absolute Gasteiger partial charge is 0.372 e. The number of nitrogens with zero attached hydrogens (tertiary/aromatic N) is 2. The number of rotatable bonds is 3. The lowest BCUT2D eigenvalue weighted by atomic mass is 10.1. The van der Waals surface area contributed by atoms with Crippen molar-refractivity contribution in [3.8, 4) is 0 Å². The van der Waals surface area contributed by atoms with E-state index in [9.17, 15) is 4.79 Å². The molecule has 20 heavy (non-hydrogen) atoms. The zero-order valence-corrected chi connectivity index (χ0v) is 11.6. The SMILES string of the molecule is CCC1=NOC(=O)C1=Cc1ccc(N2CCCC2)cc1. The van der Waals surface area contributed by atoms with Crippen molar-refractivity contribution in [3.05, 3.63) is 35.4 Å². The highest BCUT2D eigenvalue weighted by molar-refractivity contribution is 6.25. The second-order valence-corrected chi connectivity index (χ2v) is 5.11. The summed E-state index contributed by atoms with van der Waals surface area (Å²) in [6.07, 6.45) is 5.09. The van der Waals surface area contributed by atoms with Crippen LogP contribution in [-0.4, -0.2) is 24.8 Å². The molecule has 0 bridgehead atoms. The van der Waals surface area contributed by atoms with Crippen LogP contribution in [-0.2, 0) is 9.63 Å². The van der Waals surface area contributed by atoms with E-state index in [4.69, 9.17) is 4.84 Å². The molecule has 0 radical (unpaired) electrons. The van der Waals surface area contributed by atoms with Crippen LogP contribution in [0.3, 0.4) is 0 Å². The van der Waals surface area contributed by atoms with Crippen molar-refractivity contribution < 1.29 is 9.63 Å². The topological polar surface area (TPSA) is 41.9 Å². The van der Waals surface area contributed by atoms with Crippen LogP contribution in [0.1, 0.15) is 31.7 Å². The Kier molecular flexibility index (Phi) is 3.54. The fourth-order valence-electron chi connectivity index (χ4n) is 2.63. The van der Waals surface area contributed by atoms with Gasteiger partial charge in [0.15, 0.2) is 0 Å². The summed E-state index contributed by atoms with van der Waals surface area (Å²) in [6.45, 7) is 4.24. The first-order valence-electron chi connectivity index (χ1n) is 7.13. The molecular formula is C16H18N2O2. The molecule has 1 aromatic rings. The molecule has 2 heterocycles. The molecule has 0 aliphatic carbocycles. The second-order valence-electron chi connectivity index (χ2n) is 5.11. The predicted molar refractivity (Wildman–Crippen MR) is 79.7 cm³/mol. The number of carbonyl (C=O) groups is 1. The van der Waals surface area contributed by atoms with E-state index in [0.717, 1.165) is 24.4 Å². The van der Waals surface area contributed by atoms with E-state index in [-0.39, 0.29) is 5.97 Å². The molecule has 4 heteroatoms.